The zero-order valence-corrected chi connectivity index (χ0v) is 21.9. The molecule has 0 unspecified atom stereocenters. The second-order valence-electron chi connectivity index (χ2n) is 9.42. The highest BCUT2D eigenvalue weighted by molar-refractivity contribution is 5.66. The first-order chi connectivity index (χ1) is 18.4. The molecule has 1 atom stereocenters. The second-order valence-corrected chi connectivity index (χ2v) is 9.42. The number of hydrogen-bond donors (Lipinski definition) is 1. The van der Waals surface area contributed by atoms with E-state index in [2.05, 4.69) is 23.0 Å². The molecule has 0 fully saturated rings. The van der Waals surface area contributed by atoms with Gasteiger partial charge in [-0.2, -0.15) is 14.6 Å². The summed E-state index contributed by atoms with van der Waals surface area (Å²) in [7, 11) is 0. The minimum atomic E-state index is -0.503. The molecule has 0 spiro atoms. The molecular weight excluding hydrogens is 479 g/mol. The minimum Gasteiger partial charge on any atom is -0.494 e. The third kappa shape index (κ3) is 5.50. The van der Waals surface area contributed by atoms with Gasteiger partial charge in [-0.05, 0) is 60.2 Å². The fraction of sp³-hybridized carbons (Fsp3) is 0.290. The average Bonchev–Trinajstić information content (AvgIpc) is 2.93. The summed E-state index contributed by atoms with van der Waals surface area (Å²) >= 11 is 0. The van der Waals surface area contributed by atoms with Gasteiger partial charge in [0.25, 0.3) is 5.56 Å². The van der Waals surface area contributed by atoms with Crippen LogP contribution in [-0.4, -0.2) is 19.6 Å². The Balaban J connectivity index is 1.75. The van der Waals surface area contributed by atoms with E-state index < -0.39 is 11.5 Å². The molecule has 0 amide bonds. The predicted molar refractivity (Wildman–Crippen MR) is 146 cm³/mol. The Labute approximate surface area is 222 Å². The van der Waals surface area contributed by atoms with Crippen LogP contribution in [0.1, 0.15) is 72.8 Å². The smallest absolute Gasteiger partial charge is 0.280 e. The van der Waals surface area contributed by atoms with Crippen LogP contribution in [0, 0.1) is 24.2 Å². The van der Waals surface area contributed by atoms with Gasteiger partial charge < -0.3 is 5.11 Å². The molecule has 0 bridgehead atoms. The van der Waals surface area contributed by atoms with Gasteiger partial charge >= 0.3 is 0 Å². The number of hydrogen-bond acceptors (Lipinski definition) is 5. The Hall–Kier alpha value is -4.31. The molecule has 4 aromatic rings. The monoisotopic (exact) mass is 510 g/mol. The molecule has 0 radical (unpaired) electrons. The first-order valence-corrected chi connectivity index (χ1v) is 12.9. The molecule has 0 saturated heterocycles. The summed E-state index contributed by atoms with van der Waals surface area (Å²) < 4.78 is 15.7. The van der Waals surface area contributed by atoms with Crippen LogP contribution in [0.3, 0.4) is 0 Å². The van der Waals surface area contributed by atoms with Crippen molar-refractivity contribution in [2.24, 2.45) is 0 Å². The standard InChI is InChI=1S/C31H31FN4O2/c1-4-6-10-28-35-30(37)26(31(38)36(28)27(5-2)24-9-7-8-22(17-24)19-33)18-21-11-13-23(14-12-21)25-15-16-34-29(32)20(25)3/h7-9,11-17,27,38H,4-6,10,18H2,1-3H3/t27-/m0/s1. The van der Waals surface area contributed by atoms with E-state index in [-0.39, 0.29) is 23.9 Å². The van der Waals surface area contributed by atoms with Crippen molar-refractivity contribution in [2.75, 3.05) is 0 Å². The first-order valence-electron chi connectivity index (χ1n) is 12.9. The van der Waals surface area contributed by atoms with Gasteiger partial charge in [-0.15, -0.1) is 0 Å². The lowest BCUT2D eigenvalue weighted by Crippen LogP contribution is -2.25. The maximum atomic E-state index is 13.9. The van der Waals surface area contributed by atoms with Gasteiger partial charge in [0.1, 0.15) is 5.82 Å². The van der Waals surface area contributed by atoms with Crippen LogP contribution in [0.25, 0.3) is 11.1 Å². The van der Waals surface area contributed by atoms with Crippen molar-refractivity contribution in [3.63, 3.8) is 0 Å². The number of benzene rings is 2. The zero-order chi connectivity index (χ0) is 27.2. The summed E-state index contributed by atoms with van der Waals surface area (Å²) in [5, 5.41) is 20.9. The number of aromatic nitrogens is 3. The maximum Gasteiger partial charge on any atom is 0.280 e. The molecule has 1 N–H and O–H groups in total. The van der Waals surface area contributed by atoms with E-state index >= 15 is 0 Å². The van der Waals surface area contributed by atoms with Crippen LogP contribution >= 0.6 is 0 Å². The highest BCUT2D eigenvalue weighted by atomic mass is 19.1. The minimum absolute atomic E-state index is 0.0959. The average molecular weight is 511 g/mol. The molecule has 2 aromatic carbocycles. The number of rotatable bonds is 9. The van der Waals surface area contributed by atoms with Crippen LogP contribution in [0.4, 0.5) is 4.39 Å². The quantitative estimate of drug-likeness (QED) is 0.268. The van der Waals surface area contributed by atoms with E-state index in [9.17, 15) is 19.6 Å². The van der Waals surface area contributed by atoms with E-state index in [0.29, 0.717) is 29.8 Å². The fourth-order valence-electron chi connectivity index (χ4n) is 4.81. The Morgan fingerprint density at radius 3 is 2.58 bits per heavy atom. The molecule has 0 saturated carbocycles. The summed E-state index contributed by atoms with van der Waals surface area (Å²) in [6, 6.07) is 18.5. The fourth-order valence-corrected chi connectivity index (χ4v) is 4.81. The van der Waals surface area contributed by atoms with Crippen LogP contribution in [0.15, 0.2) is 65.6 Å². The van der Waals surface area contributed by atoms with Gasteiger partial charge in [0.15, 0.2) is 0 Å². The number of aryl methyl sites for hydroxylation is 1. The van der Waals surface area contributed by atoms with Crippen molar-refractivity contribution in [1.29, 1.82) is 5.26 Å². The van der Waals surface area contributed by atoms with Crippen molar-refractivity contribution in [2.45, 2.75) is 58.9 Å². The number of pyridine rings is 1. The Morgan fingerprint density at radius 2 is 1.89 bits per heavy atom. The number of unbranched alkanes of at least 4 members (excludes halogenated alkanes) is 1. The third-order valence-electron chi connectivity index (χ3n) is 6.91. The molecule has 38 heavy (non-hydrogen) atoms. The second kappa shape index (κ2) is 11.8. The predicted octanol–water partition coefficient (Wildman–Crippen LogP) is 6.26. The summed E-state index contributed by atoms with van der Waals surface area (Å²) in [4.78, 5) is 21.2. The van der Waals surface area contributed by atoms with E-state index in [1.54, 1.807) is 23.6 Å². The lowest BCUT2D eigenvalue weighted by molar-refractivity contribution is 0.368. The zero-order valence-electron chi connectivity index (χ0n) is 21.9. The number of halogens is 1. The molecule has 0 aliphatic carbocycles. The summed E-state index contributed by atoms with van der Waals surface area (Å²) in [6.07, 6.45) is 4.59. The van der Waals surface area contributed by atoms with Crippen molar-refractivity contribution >= 4 is 0 Å². The molecule has 0 aliphatic heterocycles. The van der Waals surface area contributed by atoms with Gasteiger partial charge in [0.05, 0.1) is 23.2 Å². The molecule has 0 aliphatic rings. The van der Waals surface area contributed by atoms with E-state index in [1.807, 2.05) is 49.4 Å². The van der Waals surface area contributed by atoms with E-state index in [0.717, 1.165) is 35.1 Å². The number of aromatic hydroxyl groups is 1. The number of nitrogens with zero attached hydrogens (tertiary/aromatic N) is 4. The Bertz CT molecular complexity index is 1540. The summed E-state index contributed by atoms with van der Waals surface area (Å²) in [5.74, 6) is -0.0589. The van der Waals surface area contributed by atoms with Gasteiger partial charge in [-0.1, -0.05) is 56.7 Å². The third-order valence-corrected chi connectivity index (χ3v) is 6.91. The van der Waals surface area contributed by atoms with Gasteiger partial charge in [0.2, 0.25) is 11.8 Å². The molecule has 194 valence electrons. The SMILES string of the molecule is CCCCc1nc(=O)c(Cc2ccc(-c3ccnc(F)c3C)cc2)c(O)n1[C@@H](CC)c1cccc(C#N)c1. The molecule has 6 nitrogen and oxygen atoms in total. The van der Waals surface area contributed by atoms with Crippen molar-refractivity contribution in [1.82, 2.24) is 14.5 Å². The lowest BCUT2D eigenvalue weighted by Gasteiger charge is -2.25. The topological polar surface area (TPSA) is 91.8 Å². The van der Waals surface area contributed by atoms with Crippen LogP contribution in [-0.2, 0) is 12.8 Å². The normalized spacial score (nSPS) is 11.8. The van der Waals surface area contributed by atoms with E-state index in [4.69, 9.17) is 0 Å². The first kappa shape index (κ1) is 26.7. The maximum absolute atomic E-state index is 13.9. The Kier molecular flexibility index (Phi) is 8.32. The molecular formula is C31H31FN4O2. The van der Waals surface area contributed by atoms with Crippen LogP contribution < -0.4 is 5.56 Å². The highest BCUT2D eigenvalue weighted by Gasteiger charge is 2.23. The van der Waals surface area contributed by atoms with Gasteiger partial charge in [0, 0.05) is 24.6 Å². The van der Waals surface area contributed by atoms with Crippen molar-refractivity contribution in [3.8, 4) is 23.1 Å². The highest BCUT2D eigenvalue weighted by Crippen LogP contribution is 2.31. The lowest BCUT2D eigenvalue weighted by atomic mass is 9.98. The number of nitriles is 1. The Morgan fingerprint density at radius 1 is 1.13 bits per heavy atom. The van der Waals surface area contributed by atoms with Gasteiger partial charge in [-0.3, -0.25) is 9.36 Å². The molecule has 7 heteroatoms. The molecule has 2 heterocycles. The molecule has 2 aromatic heterocycles. The molecule has 4 rings (SSSR count). The summed E-state index contributed by atoms with van der Waals surface area (Å²) in [6.45, 7) is 5.76. The summed E-state index contributed by atoms with van der Waals surface area (Å²) in [5.41, 5.74) is 4.07. The van der Waals surface area contributed by atoms with Crippen molar-refractivity contribution in [3.05, 3.63) is 111 Å². The van der Waals surface area contributed by atoms with Crippen LogP contribution in [0.2, 0.25) is 0 Å². The van der Waals surface area contributed by atoms with Crippen LogP contribution in [0.5, 0.6) is 5.88 Å². The van der Waals surface area contributed by atoms with E-state index in [1.165, 1.54) is 6.20 Å². The van der Waals surface area contributed by atoms with Crippen molar-refractivity contribution < 1.29 is 9.50 Å². The van der Waals surface area contributed by atoms with Gasteiger partial charge in [-0.25, -0.2) is 4.98 Å². The largest absolute Gasteiger partial charge is 0.494 e.